The molecule has 0 spiro atoms. The monoisotopic (exact) mass is 309 g/mol. The molecule has 1 N–H and O–H groups in total. The smallest absolute Gasteiger partial charge is 0.224 e. The molecule has 0 fully saturated rings. The molecule has 0 heterocycles. The highest BCUT2D eigenvalue weighted by molar-refractivity contribution is 8.13. The molecular weight excluding hydrogens is 289 g/mol. The molecule has 0 saturated carbocycles. The summed E-state index contributed by atoms with van der Waals surface area (Å²) < 4.78 is 13.2. The number of unbranched alkanes of at least 4 members (excludes halogenated alkanes) is 2. The molecule has 1 rings (SSSR count). The average molecular weight is 309 g/mol. The lowest BCUT2D eigenvalue weighted by atomic mass is 10.1. The van der Waals surface area contributed by atoms with Gasteiger partial charge in [-0.2, -0.15) is 0 Å². The molecule has 0 saturated heterocycles. The molecule has 114 valence electrons. The van der Waals surface area contributed by atoms with E-state index < -0.39 is 0 Å². The van der Waals surface area contributed by atoms with Gasteiger partial charge in [-0.25, -0.2) is 4.39 Å². The van der Waals surface area contributed by atoms with E-state index in [1.54, 1.807) is 0 Å². The van der Waals surface area contributed by atoms with E-state index in [4.69, 9.17) is 0 Å². The summed E-state index contributed by atoms with van der Waals surface area (Å²) in [5.74, 6) is -0.203. The molecule has 1 aromatic rings. The van der Waals surface area contributed by atoms with Crippen LogP contribution < -0.4 is 5.32 Å². The lowest BCUT2D eigenvalue weighted by molar-refractivity contribution is -0.116. The quantitative estimate of drug-likeness (QED) is 0.727. The second kappa shape index (κ2) is 10.2. The van der Waals surface area contributed by atoms with E-state index in [0.717, 1.165) is 23.9 Å². The number of benzene rings is 1. The zero-order chi connectivity index (χ0) is 15.5. The average Bonchev–Trinajstić information content (AvgIpc) is 2.45. The number of nitrogens with one attached hydrogen (secondary N) is 1. The van der Waals surface area contributed by atoms with Crippen LogP contribution in [-0.2, 0) is 9.59 Å². The maximum Gasteiger partial charge on any atom is 0.224 e. The summed E-state index contributed by atoms with van der Waals surface area (Å²) in [4.78, 5) is 22.3. The molecule has 1 aromatic carbocycles. The summed E-state index contributed by atoms with van der Waals surface area (Å²) in [7, 11) is 0. The van der Waals surface area contributed by atoms with Crippen LogP contribution in [0, 0.1) is 0 Å². The molecular formula is C16H20FNO2S. The topological polar surface area (TPSA) is 46.2 Å². The van der Waals surface area contributed by atoms with Crippen molar-refractivity contribution < 1.29 is 14.0 Å². The lowest BCUT2D eigenvalue weighted by Crippen LogP contribution is -2.10. The second-order valence-corrected chi connectivity index (χ2v) is 5.74. The van der Waals surface area contributed by atoms with Crippen LogP contribution in [0.5, 0.6) is 0 Å². The van der Waals surface area contributed by atoms with Gasteiger partial charge in [-0.1, -0.05) is 36.0 Å². The van der Waals surface area contributed by atoms with Gasteiger partial charge in [0.1, 0.15) is 5.83 Å². The van der Waals surface area contributed by atoms with Gasteiger partial charge >= 0.3 is 0 Å². The van der Waals surface area contributed by atoms with Gasteiger partial charge in [0.25, 0.3) is 0 Å². The number of hydrogen-bond acceptors (Lipinski definition) is 3. The van der Waals surface area contributed by atoms with Gasteiger partial charge in [-0.15, -0.1) is 0 Å². The maximum absolute atomic E-state index is 13.2. The third-order valence-corrected chi connectivity index (χ3v) is 3.52. The summed E-state index contributed by atoms with van der Waals surface area (Å²) >= 11 is 0.963. The van der Waals surface area contributed by atoms with Crippen LogP contribution in [-0.4, -0.2) is 16.8 Å². The van der Waals surface area contributed by atoms with Crippen LogP contribution in [0.1, 0.15) is 32.6 Å². The van der Waals surface area contributed by atoms with Gasteiger partial charge in [0.2, 0.25) is 5.91 Å². The molecule has 0 aromatic heterocycles. The van der Waals surface area contributed by atoms with Crippen molar-refractivity contribution in [1.29, 1.82) is 0 Å². The minimum Gasteiger partial charge on any atom is -0.326 e. The Hall–Kier alpha value is -1.62. The van der Waals surface area contributed by atoms with Crippen LogP contribution >= 0.6 is 11.8 Å². The highest BCUT2D eigenvalue weighted by Crippen LogP contribution is 2.12. The largest absolute Gasteiger partial charge is 0.326 e. The zero-order valence-corrected chi connectivity index (χ0v) is 12.9. The summed E-state index contributed by atoms with van der Waals surface area (Å²) in [5.41, 5.74) is 0.787. The number of carbonyl (C=O) groups excluding carboxylic acids is 2. The Balaban J connectivity index is 2.12. The highest BCUT2D eigenvalue weighted by Gasteiger charge is 2.02. The van der Waals surface area contributed by atoms with Crippen molar-refractivity contribution in [2.45, 2.75) is 32.6 Å². The number of thioether (sulfide) groups is 1. The number of para-hydroxylation sites is 1. The molecule has 0 radical (unpaired) electrons. The molecule has 0 aliphatic carbocycles. The molecule has 0 aliphatic heterocycles. The predicted octanol–water partition coefficient (Wildman–Crippen LogP) is 4.32. The normalized spacial score (nSPS) is 11.2. The van der Waals surface area contributed by atoms with E-state index in [2.05, 4.69) is 5.32 Å². The molecule has 3 nitrogen and oxygen atoms in total. The second-order valence-electron chi connectivity index (χ2n) is 4.59. The third-order valence-electron chi connectivity index (χ3n) is 2.69. The first-order valence-electron chi connectivity index (χ1n) is 6.90. The van der Waals surface area contributed by atoms with Crippen molar-refractivity contribution in [1.82, 2.24) is 0 Å². The zero-order valence-electron chi connectivity index (χ0n) is 12.1. The fraction of sp³-hybridized carbons (Fsp3) is 0.375. The summed E-state index contributed by atoms with van der Waals surface area (Å²) in [6.45, 7) is 1.42. The van der Waals surface area contributed by atoms with E-state index in [-0.39, 0.29) is 22.6 Å². The number of amides is 1. The highest BCUT2D eigenvalue weighted by atomic mass is 32.2. The van der Waals surface area contributed by atoms with E-state index in [1.807, 2.05) is 30.3 Å². The minimum absolute atomic E-state index is 0.0298. The fourth-order valence-electron chi connectivity index (χ4n) is 1.66. The van der Waals surface area contributed by atoms with Crippen LogP contribution in [0.2, 0.25) is 0 Å². The van der Waals surface area contributed by atoms with Crippen LogP contribution in [0.3, 0.4) is 0 Å². The van der Waals surface area contributed by atoms with Crippen molar-refractivity contribution in [3.05, 3.63) is 42.2 Å². The maximum atomic E-state index is 13.2. The first kappa shape index (κ1) is 17.4. The summed E-state index contributed by atoms with van der Waals surface area (Å²) in [5, 5.41) is 2.72. The third kappa shape index (κ3) is 9.02. The molecule has 5 heteroatoms. The lowest BCUT2D eigenvalue weighted by Gasteiger charge is -2.04. The van der Waals surface area contributed by atoms with Gasteiger partial charge in [0.05, 0.1) is 5.75 Å². The summed E-state index contributed by atoms with van der Waals surface area (Å²) in [6.07, 6.45) is 3.96. The molecule has 0 unspecified atom stereocenters. The first-order chi connectivity index (χ1) is 10.1. The Morgan fingerprint density at radius 1 is 1.24 bits per heavy atom. The van der Waals surface area contributed by atoms with Gasteiger partial charge in [-0.05, 0) is 31.4 Å². The van der Waals surface area contributed by atoms with E-state index >= 15 is 0 Å². The van der Waals surface area contributed by atoms with Crippen molar-refractivity contribution in [2.75, 3.05) is 11.1 Å². The van der Waals surface area contributed by atoms with Crippen LogP contribution in [0.25, 0.3) is 0 Å². The Kier molecular flexibility index (Phi) is 8.43. The number of hydrogen-bond donors (Lipinski definition) is 1. The van der Waals surface area contributed by atoms with Crippen molar-refractivity contribution in [3.8, 4) is 0 Å². The molecule has 21 heavy (non-hydrogen) atoms. The van der Waals surface area contributed by atoms with Gasteiger partial charge in [0.15, 0.2) is 5.12 Å². The molecule has 1 amide bonds. The fourth-order valence-corrected chi connectivity index (χ4v) is 2.12. The Morgan fingerprint density at radius 2 is 1.95 bits per heavy atom. The molecule has 0 atom stereocenters. The Bertz CT molecular complexity index is 488. The SMILES string of the molecule is CC(=O)SC/C(F)=C/CCCCC(=O)Nc1ccccc1. The van der Waals surface area contributed by atoms with E-state index in [1.165, 1.54) is 13.0 Å². The van der Waals surface area contributed by atoms with Gasteiger partial charge in [-0.3, -0.25) is 9.59 Å². The molecule has 0 aliphatic rings. The number of halogens is 1. The number of anilines is 1. The van der Waals surface area contributed by atoms with Crippen molar-refractivity contribution >= 4 is 28.5 Å². The first-order valence-corrected chi connectivity index (χ1v) is 7.89. The summed E-state index contributed by atoms with van der Waals surface area (Å²) in [6, 6.07) is 9.29. The van der Waals surface area contributed by atoms with E-state index in [9.17, 15) is 14.0 Å². The van der Waals surface area contributed by atoms with Crippen molar-refractivity contribution in [2.24, 2.45) is 0 Å². The van der Waals surface area contributed by atoms with Crippen LogP contribution in [0.4, 0.5) is 10.1 Å². The van der Waals surface area contributed by atoms with E-state index in [0.29, 0.717) is 19.3 Å². The van der Waals surface area contributed by atoms with Crippen LogP contribution in [0.15, 0.2) is 42.2 Å². The minimum atomic E-state index is -0.274. The number of allylic oxidation sites excluding steroid dienone is 1. The predicted molar refractivity (Wildman–Crippen MR) is 85.9 cm³/mol. The number of carbonyl (C=O) groups is 2. The Morgan fingerprint density at radius 3 is 2.62 bits per heavy atom. The van der Waals surface area contributed by atoms with Gasteiger partial charge < -0.3 is 5.32 Å². The molecule has 0 bridgehead atoms. The number of rotatable bonds is 8. The Labute approximate surface area is 129 Å². The van der Waals surface area contributed by atoms with Crippen molar-refractivity contribution in [3.63, 3.8) is 0 Å². The standard InChI is InChI=1S/C16H20FNO2S/c1-13(19)21-12-14(17)8-4-2-7-11-16(20)18-15-9-5-3-6-10-15/h3,5-6,8-10H,2,4,7,11-12H2,1H3,(H,18,20)/b14-8-. The van der Waals surface area contributed by atoms with Gasteiger partial charge in [0, 0.05) is 19.0 Å².